The molecule has 0 bridgehead atoms. The standard InChI is InChI=1S/C13H23N3O2/c1-13(2)7-10(13)12(18)16(8-11(14)17)9-3-5-15-6-4-9/h9-10,15H,3-8H2,1-2H3,(H2,14,17). The molecule has 0 spiro atoms. The van der Waals surface area contributed by atoms with Gasteiger partial charge in [0.05, 0.1) is 6.54 Å². The van der Waals surface area contributed by atoms with Crippen molar-refractivity contribution in [2.75, 3.05) is 19.6 Å². The van der Waals surface area contributed by atoms with Gasteiger partial charge in [-0.2, -0.15) is 0 Å². The molecule has 1 atom stereocenters. The van der Waals surface area contributed by atoms with E-state index in [4.69, 9.17) is 5.73 Å². The average Bonchev–Trinajstić information content (AvgIpc) is 2.95. The number of hydrogen-bond donors (Lipinski definition) is 2. The number of primary amides is 1. The molecule has 0 aromatic carbocycles. The molecule has 18 heavy (non-hydrogen) atoms. The van der Waals surface area contributed by atoms with Gasteiger partial charge in [0.15, 0.2) is 0 Å². The van der Waals surface area contributed by atoms with Crippen LogP contribution in [0.3, 0.4) is 0 Å². The van der Waals surface area contributed by atoms with Gasteiger partial charge in [0.2, 0.25) is 11.8 Å². The molecule has 2 amide bonds. The van der Waals surface area contributed by atoms with E-state index in [9.17, 15) is 9.59 Å². The zero-order valence-corrected chi connectivity index (χ0v) is 11.2. The Morgan fingerprint density at radius 3 is 2.33 bits per heavy atom. The summed E-state index contributed by atoms with van der Waals surface area (Å²) in [7, 11) is 0. The third kappa shape index (κ3) is 2.83. The molecule has 1 saturated carbocycles. The summed E-state index contributed by atoms with van der Waals surface area (Å²) in [6.07, 6.45) is 2.74. The normalized spacial score (nSPS) is 26.7. The third-order valence-electron chi connectivity index (χ3n) is 4.17. The summed E-state index contributed by atoms with van der Waals surface area (Å²) in [5.74, 6) is -0.224. The van der Waals surface area contributed by atoms with Crippen molar-refractivity contribution in [1.82, 2.24) is 10.2 Å². The monoisotopic (exact) mass is 253 g/mol. The van der Waals surface area contributed by atoms with Crippen molar-refractivity contribution >= 4 is 11.8 Å². The molecular formula is C13H23N3O2. The Kier molecular flexibility index (Phi) is 3.61. The van der Waals surface area contributed by atoms with Crippen LogP contribution >= 0.6 is 0 Å². The van der Waals surface area contributed by atoms with E-state index in [-0.39, 0.29) is 29.8 Å². The summed E-state index contributed by atoms with van der Waals surface area (Å²) in [6.45, 7) is 6.07. The molecule has 1 aliphatic heterocycles. The zero-order valence-electron chi connectivity index (χ0n) is 11.2. The largest absolute Gasteiger partial charge is 0.368 e. The summed E-state index contributed by atoms with van der Waals surface area (Å²) >= 11 is 0. The molecule has 102 valence electrons. The van der Waals surface area contributed by atoms with Crippen molar-refractivity contribution in [3.63, 3.8) is 0 Å². The highest BCUT2D eigenvalue weighted by atomic mass is 16.2. The lowest BCUT2D eigenvalue weighted by Gasteiger charge is -2.34. The van der Waals surface area contributed by atoms with Crippen molar-refractivity contribution in [3.05, 3.63) is 0 Å². The van der Waals surface area contributed by atoms with Gasteiger partial charge in [-0.25, -0.2) is 0 Å². The smallest absolute Gasteiger partial charge is 0.237 e. The molecule has 1 aliphatic carbocycles. The van der Waals surface area contributed by atoms with Gasteiger partial charge in [-0.15, -0.1) is 0 Å². The zero-order chi connectivity index (χ0) is 13.3. The van der Waals surface area contributed by atoms with E-state index in [1.54, 1.807) is 4.90 Å². The van der Waals surface area contributed by atoms with E-state index in [0.29, 0.717) is 0 Å². The van der Waals surface area contributed by atoms with Crippen LogP contribution in [-0.2, 0) is 9.59 Å². The number of carbonyl (C=O) groups is 2. The number of nitrogens with two attached hydrogens (primary N) is 1. The predicted molar refractivity (Wildman–Crippen MR) is 68.7 cm³/mol. The molecule has 1 unspecified atom stereocenters. The van der Waals surface area contributed by atoms with Gasteiger partial charge in [0.1, 0.15) is 0 Å². The van der Waals surface area contributed by atoms with Gasteiger partial charge >= 0.3 is 0 Å². The molecule has 5 nitrogen and oxygen atoms in total. The molecule has 2 rings (SSSR count). The molecule has 1 saturated heterocycles. The lowest BCUT2D eigenvalue weighted by atomic mass is 10.0. The Bertz CT molecular complexity index is 348. The molecule has 0 aromatic heterocycles. The fourth-order valence-electron chi connectivity index (χ4n) is 2.76. The van der Waals surface area contributed by atoms with Crippen LogP contribution in [0.2, 0.25) is 0 Å². The minimum Gasteiger partial charge on any atom is -0.368 e. The summed E-state index contributed by atoms with van der Waals surface area (Å²) in [6, 6.07) is 0.169. The number of rotatable bonds is 4. The second-order valence-corrected chi connectivity index (χ2v) is 6.16. The quantitative estimate of drug-likeness (QED) is 0.746. The molecule has 1 heterocycles. The number of carbonyl (C=O) groups excluding carboxylic acids is 2. The Labute approximate surface area is 108 Å². The van der Waals surface area contributed by atoms with Crippen LogP contribution in [0.4, 0.5) is 0 Å². The highest BCUT2D eigenvalue weighted by Gasteiger charge is 2.52. The first-order valence-electron chi connectivity index (χ1n) is 6.71. The van der Waals surface area contributed by atoms with Gasteiger partial charge in [-0.3, -0.25) is 9.59 Å². The number of nitrogens with zero attached hydrogens (tertiary/aromatic N) is 1. The van der Waals surface area contributed by atoms with E-state index >= 15 is 0 Å². The minimum atomic E-state index is -0.416. The first kappa shape index (κ1) is 13.3. The van der Waals surface area contributed by atoms with Crippen LogP contribution < -0.4 is 11.1 Å². The fourth-order valence-corrected chi connectivity index (χ4v) is 2.76. The predicted octanol–water partition coefficient (Wildman–Crippen LogP) is 0.0984. The molecule has 0 radical (unpaired) electrons. The van der Waals surface area contributed by atoms with Crippen LogP contribution in [0.25, 0.3) is 0 Å². The van der Waals surface area contributed by atoms with Crippen molar-refractivity contribution in [2.24, 2.45) is 17.1 Å². The Morgan fingerprint density at radius 1 is 1.33 bits per heavy atom. The van der Waals surface area contributed by atoms with Crippen LogP contribution in [-0.4, -0.2) is 42.4 Å². The van der Waals surface area contributed by atoms with Crippen molar-refractivity contribution in [2.45, 2.75) is 39.2 Å². The van der Waals surface area contributed by atoms with Gasteiger partial charge in [-0.1, -0.05) is 13.8 Å². The number of piperidine rings is 1. The van der Waals surface area contributed by atoms with Gasteiger partial charge in [0, 0.05) is 12.0 Å². The third-order valence-corrected chi connectivity index (χ3v) is 4.17. The number of amides is 2. The van der Waals surface area contributed by atoms with Crippen molar-refractivity contribution in [1.29, 1.82) is 0 Å². The molecule has 5 heteroatoms. The second kappa shape index (κ2) is 4.88. The Morgan fingerprint density at radius 2 is 1.89 bits per heavy atom. The highest BCUT2D eigenvalue weighted by molar-refractivity contribution is 5.87. The van der Waals surface area contributed by atoms with E-state index in [2.05, 4.69) is 19.2 Å². The second-order valence-electron chi connectivity index (χ2n) is 6.16. The minimum absolute atomic E-state index is 0.0656. The Hall–Kier alpha value is -1.10. The molecule has 3 N–H and O–H groups in total. The number of nitrogens with one attached hydrogen (secondary N) is 1. The van der Waals surface area contributed by atoms with E-state index < -0.39 is 5.91 Å². The number of hydrogen-bond acceptors (Lipinski definition) is 3. The topological polar surface area (TPSA) is 75.4 Å². The lowest BCUT2D eigenvalue weighted by Crippen LogP contribution is -2.50. The summed E-state index contributed by atoms with van der Waals surface area (Å²) in [5.41, 5.74) is 5.37. The van der Waals surface area contributed by atoms with Crippen LogP contribution in [0.1, 0.15) is 33.1 Å². The SMILES string of the molecule is CC1(C)CC1C(=O)N(CC(N)=O)C1CCNCC1. The van der Waals surface area contributed by atoms with Crippen LogP contribution in [0.15, 0.2) is 0 Å². The summed E-state index contributed by atoms with van der Waals surface area (Å²) in [4.78, 5) is 25.4. The van der Waals surface area contributed by atoms with E-state index in [1.807, 2.05) is 0 Å². The van der Waals surface area contributed by atoms with E-state index in [0.717, 1.165) is 32.4 Å². The fraction of sp³-hybridized carbons (Fsp3) is 0.846. The molecular weight excluding hydrogens is 230 g/mol. The average molecular weight is 253 g/mol. The van der Waals surface area contributed by atoms with Gasteiger partial charge < -0.3 is 16.0 Å². The maximum atomic E-state index is 12.5. The maximum absolute atomic E-state index is 12.5. The first-order valence-corrected chi connectivity index (χ1v) is 6.71. The van der Waals surface area contributed by atoms with Gasteiger partial charge in [-0.05, 0) is 37.8 Å². The van der Waals surface area contributed by atoms with Crippen molar-refractivity contribution < 1.29 is 9.59 Å². The first-order chi connectivity index (χ1) is 8.42. The summed E-state index contributed by atoms with van der Waals surface area (Å²) in [5, 5.41) is 3.27. The van der Waals surface area contributed by atoms with Gasteiger partial charge in [0.25, 0.3) is 0 Å². The molecule has 2 aliphatic rings. The lowest BCUT2D eigenvalue weighted by molar-refractivity contribution is -0.139. The van der Waals surface area contributed by atoms with Crippen LogP contribution in [0.5, 0.6) is 0 Å². The van der Waals surface area contributed by atoms with E-state index in [1.165, 1.54) is 0 Å². The molecule has 0 aromatic rings. The maximum Gasteiger partial charge on any atom is 0.237 e. The van der Waals surface area contributed by atoms with Crippen LogP contribution in [0, 0.1) is 11.3 Å². The summed E-state index contributed by atoms with van der Waals surface area (Å²) < 4.78 is 0. The highest BCUT2D eigenvalue weighted by Crippen LogP contribution is 2.52. The Balaban J connectivity index is 2.04. The molecule has 2 fully saturated rings. The van der Waals surface area contributed by atoms with Crippen molar-refractivity contribution in [3.8, 4) is 0 Å².